The van der Waals surface area contributed by atoms with Crippen molar-refractivity contribution < 1.29 is 4.74 Å². The van der Waals surface area contributed by atoms with Crippen molar-refractivity contribution in [2.45, 2.75) is 0 Å². The molecule has 1 aromatic carbocycles. The first-order chi connectivity index (χ1) is 5.26. The van der Waals surface area contributed by atoms with E-state index in [1.807, 2.05) is 0 Å². The van der Waals surface area contributed by atoms with Gasteiger partial charge in [-0.1, -0.05) is 17.5 Å². The van der Waals surface area contributed by atoms with Gasteiger partial charge in [0.1, 0.15) is 5.75 Å². The molecule has 1 nitrogen and oxygen atoms in total. The van der Waals surface area contributed by atoms with E-state index in [1.165, 1.54) is 0 Å². The number of rotatable bonds is 1. The van der Waals surface area contributed by atoms with Crippen molar-refractivity contribution in [3.8, 4) is 11.7 Å². The molecule has 1 rings (SSSR count). The summed E-state index contributed by atoms with van der Waals surface area (Å²) in [5.41, 5.74) is 0.620. The van der Waals surface area contributed by atoms with Crippen LogP contribution in [0.5, 0.6) is 5.75 Å². The third-order valence-electron chi connectivity index (χ3n) is 1.25. The summed E-state index contributed by atoms with van der Waals surface area (Å²) < 4.78 is 4.93. The fourth-order valence-electron chi connectivity index (χ4n) is 0.753. The van der Waals surface area contributed by atoms with Gasteiger partial charge in [0.2, 0.25) is 0 Å². The van der Waals surface area contributed by atoms with Crippen molar-refractivity contribution in [2.24, 2.45) is 0 Å². The minimum atomic E-state index is 0.555. The van der Waals surface area contributed by atoms with E-state index in [9.17, 15) is 0 Å². The van der Waals surface area contributed by atoms with Gasteiger partial charge in [-0.3, -0.25) is 0 Å². The molecule has 1 radical (unpaired) electrons. The first kappa shape index (κ1) is 7.97. The molecular weight excluding hydrogens is 160 g/mol. The molecule has 0 saturated carbocycles. The zero-order valence-electron chi connectivity index (χ0n) is 6.02. The number of benzene rings is 1. The summed E-state index contributed by atoms with van der Waals surface area (Å²) in [6, 6.07) is 5.03. The Labute approximate surface area is 70.9 Å². The number of hydrogen-bond donors (Lipinski definition) is 0. The molecule has 0 bridgehead atoms. The molecule has 0 atom stereocenters. The summed E-state index contributed by atoms with van der Waals surface area (Å²) in [5, 5.41) is 0.555. The van der Waals surface area contributed by atoms with Crippen molar-refractivity contribution in [3.63, 3.8) is 0 Å². The van der Waals surface area contributed by atoms with Gasteiger partial charge in [0, 0.05) is 10.6 Å². The summed E-state index contributed by atoms with van der Waals surface area (Å²) in [7, 11) is 1.55. The van der Waals surface area contributed by atoms with E-state index < -0.39 is 0 Å². The van der Waals surface area contributed by atoms with Crippen molar-refractivity contribution in [2.75, 3.05) is 7.11 Å². The summed E-state index contributed by atoms with van der Waals surface area (Å²) in [5.74, 6) is 2.87. The predicted molar refractivity (Wildman–Crippen MR) is 44.2 cm³/mol. The Morgan fingerprint density at radius 1 is 1.45 bits per heavy atom. The highest BCUT2D eigenvalue weighted by atomic mass is 35.5. The van der Waals surface area contributed by atoms with Crippen molar-refractivity contribution in [1.29, 1.82) is 0 Å². The molecule has 0 aliphatic rings. The lowest BCUT2D eigenvalue weighted by molar-refractivity contribution is 0.414. The Kier molecular flexibility index (Phi) is 2.40. The maximum absolute atomic E-state index is 6.85. The Hall–Kier alpha value is -1.13. The summed E-state index contributed by atoms with van der Waals surface area (Å²) >= 11 is 5.70. The molecular formula is C9H6ClO. The average Bonchev–Trinajstić information content (AvgIpc) is 2.03. The maximum atomic E-state index is 6.85. The summed E-state index contributed by atoms with van der Waals surface area (Å²) in [6.45, 7) is 0. The van der Waals surface area contributed by atoms with Gasteiger partial charge in [0.15, 0.2) is 0 Å². The molecule has 0 aromatic heterocycles. The molecule has 0 aliphatic heterocycles. The quantitative estimate of drug-likeness (QED) is 0.581. The van der Waals surface area contributed by atoms with E-state index in [4.69, 9.17) is 22.8 Å². The topological polar surface area (TPSA) is 9.23 Å². The van der Waals surface area contributed by atoms with Crippen molar-refractivity contribution in [3.05, 3.63) is 35.2 Å². The molecule has 0 unspecified atom stereocenters. The van der Waals surface area contributed by atoms with Crippen LogP contribution in [0.1, 0.15) is 5.56 Å². The normalized spacial score (nSPS) is 8.82. The van der Waals surface area contributed by atoms with Crippen LogP contribution in [0.4, 0.5) is 0 Å². The molecule has 1 aromatic rings. The van der Waals surface area contributed by atoms with Crippen LogP contribution >= 0.6 is 11.6 Å². The predicted octanol–water partition coefficient (Wildman–Crippen LogP) is 2.29. The average molecular weight is 166 g/mol. The van der Waals surface area contributed by atoms with E-state index in [0.29, 0.717) is 16.3 Å². The van der Waals surface area contributed by atoms with Gasteiger partial charge in [-0.2, -0.15) is 0 Å². The van der Waals surface area contributed by atoms with Crippen molar-refractivity contribution in [1.82, 2.24) is 0 Å². The molecule has 55 valence electrons. The van der Waals surface area contributed by atoms with Crippen LogP contribution in [0.2, 0.25) is 5.02 Å². The molecule has 0 spiro atoms. The molecule has 0 saturated heterocycles. The lowest BCUT2D eigenvalue weighted by Crippen LogP contribution is -1.83. The monoisotopic (exact) mass is 165 g/mol. The van der Waals surface area contributed by atoms with Crippen molar-refractivity contribution >= 4 is 11.6 Å². The van der Waals surface area contributed by atoms with Gasteiger partial charge in [-0.05, 0) is 24.6 Å². The highest BCUT2D eigenvalue weighted by Gasteiger charge is 1.96. The van der Waals surface area contributed by atoms with Crippen LogP contribution in [0, 0.1) is 12.3 Å². The first-order valence-corrected chi connectivity index (χ1v) is 3.41. The van der Waals surface area contributed by atoms with Gasteiger partial charge >= 0.3 is 0 Å². The van der Waals surface area contributed by atoms with Gasteiger partial charge < -0.3 is 4.74 Å². The molecule has 2 heteroatoms. The zero-order valence-corrected chi connectivity index (χ0v) is 6.77. The van der Waals surface area contributed by atoms with Crippen LogP contribution in [-0.2, 0) is 0 Å². The summed E-state index contributed by atoms with van der Waals surface area (Å²) in [6.07, 6.45) is 6.85. The SMILES string of the molecule is [C]#Cc1cc(Cl)cc(OC)c1. The second kappa shape index (κ2) is 3.32. The molecule has 11 heavy (non-hydrogen) atoms. The molecule has 0 amide bonds. The minimum Gasteiger partial charge on any atom is -0.497 e. The third kappa shape index (κ3) is 1.89. The number of halogens is 1. The minimum absolute atomic E-state index is 0.555. The van der Waals surface area contributed by atoms with Crippen LogP contribution in [0.25, 0.3) is 0 Å². The first-order valence-electron chi connectivity index (χ1n) is 3.03. The molecule has 0 aliphatic carbocycles. The van der Waals surface area contributed by atoms with Gasteiger partial charge in [0.25, 0.3) is 0 Å². The Bertz CT molecular complexity index is 299. The maximum Gasteiger partial charge on any atom is 0.121 e. The fourth-order valence-corrected chi connectivity index (χ4v) is 0.978. The Morgan fingerprint density at radius 2 is 2.18 bits per heavy atom. The second-order valence-corrected chi connectivity index (χ2v) is 2.44. The highest BCUT2D eigenvalue weighted by Crippen LogP contribution is 2.19. The van der Waals surface area contributed by atoms with Crippen LogP contribution in [0.15, 0.2) is 18.2 Å². The van der Waals surface area contributed by atoms with E-state index >= 15 is 0 Å². The number of methoxy groups -OCH3 is 1. The second-order valence-electron chi connectivity index (χ2n) is 2.00. The third-order valence-corrected chi connectivity index (χ3v) is 1.47. The van der Waals surface area contributed by atoms with E-state index in [0.717, 1.165) is 0 Å². The standard InChI is InChI=1S/C9H6ClO/c1-3-7-4-8(10)6-9(5-7)11-2/h4-6H,2H3. The molecule has 0 fully saturated rings. The molecule has 0 heterocycles. The van der Waals surface area contributed by atoms with E-state index in [1.54, 1.807) is 25.3 Å². The summed E-state index contributed by atoms with van der Waals surface area (Å²) in [4.78, 5) is 0. The Morgan fingerprint density at radius 3 is 2.73 bits per heavy atom. The van der Waals surface area contributed by atoms with Crippen LogP contribution < -0.4 is 4.74 Å². The zero-order chi connectivity index (χ0) is 8.27. The van der Waals surface area contributed by atoms with Gasteiger partial charge in [-0.15, -0.1) is 0 Å². The van der Waals surface area contributed by atoms with Crippen LogP contribution in [0.3, 0.4) is 0 Å². The lowest BCUT2D eigenvalue weighted by Gasteiger charge is -2.00. The number of ether oxygens (including phenoxy) is 1. The highest BCUT2D eigenvalue weighted by molar-refractivity contribution is 6.30. The van der Waals surface area contributed by atoms with E-state index in [-0.39, 0.29) is 0 Å². The van der Waals surface area contributed by atoms with Crippen LogP contribution in [-0.4, -0.2) is 7.11 Å². The number of hydrogen-bond acceptors (Lipinski definition) is 1. The molecule has 0 N–H and O–H groups in total. The van der Waals surface area contributed by atoms with Gasteiger partial charge in [0.05, 0.1) is 7.11 Å². The largest absolute Gasteiger partial charge is 0.497 e. The lowest BCUT2D eigenvalue weighted by atomic mass is 10.2. The van der Waals surface area contributed by atoms with E-state index in [2.05, 4.69) is 5.92 Å². The van der Waals surface area contributed by atoms with Gasteiger partial charge in [-0.25, -0.2) is 0 Å². The smallest absolute Gasteiger partial charge is 0.121 e. The fraction of sp³-hybridized carbons (Fsp3) is 0.111. The Balaban J connectivity index is 3.15.